The Hall–Kier alpha value is -1.02. The number of guanidine groups is 1. The highest BCUT2D eigenvalue weighted by Crippen LogP contribution is 2.38. The van der Waals surface area contributed by atoms with Gasteiger partial charge < -0.3 is 19.9 Å². The topological polar surface area (TPSA) is 40.1 Å². The van der Waals surface area contributed by atoms with Crippen LogP contribution in [-0.2, 0) is 11.2 Å². The summed E-state index contributed by atoms with van der Waals surface area (Å²) < 4.78 is 5.65. The molecule has 0 aliphatic carbocycles. The lowest BCUT2D eigenvalue weighted by atomic mass is 9.87. The molecule has 1 N–H and O–H groups in total. The van der Waals surface area contributed by atoms with E-state index < -0.39 is 0 Å². The van der Waals surface area contributed by atoms with Crippen molar-refractivity contribution in [3.63, 3.8) is 0 Å². The molecule has 5 nitrogen and oxygen atoms in total. The number of ether oxygens (including phenoxy) is 1. The van der Waals surface area contributed by atoms with Gasteiger partial charge >= 0.3 is 0 Å². The number of aliphatic imine (C=N–C) groups is 1. The summed E-state index contributed by atoms with van der Waals surface area (Å²) in [5.41, 5.74) is 3.02. The third kappa shape index (κ3) is 5.98. The minimum Gasteiger partial charge on any atom is -0.381 e. The van der Waals surface area contributed by atoms with Crippen molar-refractivity contribution >= 4 is 35.6 Å². The van der Waals surface area contributed by atoms with E-state index in [1.807, 2.05) is 0 Å². The zero-order valence-electron chi connectivity index (χ0n) is 17.0. The standard InChI is InChI=1S/C21H34N4O.HI/c1-4-22-20(25-14-11-21(16-25)12-15-26-17-21)23-13-5-6-18-7-9-19(10-8-18)24(2)3;/h7-10H,4-6,11-17H2,1-3H3,(H,22,23);1H. The van der Waals surface area contributed by atoms with E-state index >= 15 is 0 Å². The molecule has 0 bridgehead atoms. The second-order valence-electron chi connectivity index (χ2n) is 7.87. The molecule has 27 heavy (non-hydrogen) atoms. The summed E-state index contributed by atoms with van der Waals surface area (Å²) in [5.74, 6) is 1.08. The predicted octanol–water partition coefficient (Wildman–Crippen LogP) is 3.38. The van der Waals surface area contributed by atoms with E-state index in [0.29, 0.717) is 5.41 Å². The van der Waals surface area contributed by atoms with Gasteiger partial charge in [0.1, 0.15) is 0 Å². The maximum Gasteiger partial charge on any atom is 0.193 e. The van der Waals surface area contributed by atoms with Gasteiger partial charge in [-0.25, -0.2) is 0 Å². The highest BCUT2D eigenvalue weighted by atomic mass is 127. The van der Waals surface area contributed by atoms with Crippen molar-refractivity contribution in [1.29, 1.82) is 0 Å². The van der Waals surface area contributed by atoms with E-state index in [1.165, 1.54) is 24.1 Å². The number of nitrogens with zero attached hydrogens (tertiary/aromatic N) is 3. The Kier molecular flexibility index (Phi) is 8.66. The summed E-state index contributed by atoms with van der Waals surface area (Å²) in [5, 5.41) is 3.48. The smallest absolute Gasteiger partial charge is 0.193 e. The molecule has 0 amide bonds. The average Bonchev–Trinajstić information content (AvgIpc) is 3.28. The van der Waals surface area contributed by atoms with Gasteiger partial charge in [-0.2, -0.15) is 0 Å². The van der Waals surface area contributed by atoms with E-state index in [0.717, 1.165) is 58.2 Å². The SMILES string of the molecule is CCNC(=NCCCc1ccc(N(C)C)cc1)N1CCC2(CCOC2)C1.I. The Morgan fingerprint density at radius 1 is 1.26 bits per heavy atom. The van der Waals surface area contributed by atoms with Crippen molar-refractivity contribution in [3.05, 3.63) is 29.8 Å². The number of nitrogens with one attached hydrogen (secondary N) is 1. The summed E-state index contributed by atoms with van der Waals surface area (Å²) in [6, 6.07) is 8.84. The summed E-state index contributed by atoms with van der Waals surface area (Å²) in [4.78, 5) is 9.46. The molecule has 2 saturated heterocycles. The highest BCUT2D eigenvalue weighted by molar-refractivity contribution is 14.0. The summed E-state index contributed by atoms with van der Waals surface area (Å²) in [6.45, 7) is 7.97. The number of halogens is 1. The fourth-order valence-electron chi connectivity index (χ4n) is 3.94. The van der Waals surface area contributed by atoms with E-state index in [1.54, 1.807) is 0 Å². The molecule has 0 radical (unpaired) electrons. The molecule has 6 heteroatoms. The molecular formula is C21H35IN4O. The molecule has 3 rings (SSSR count). The predicted molar refractivity (Wildman–Crippen MR) is 125 cm³/mol. The van der Waals surface area contributed by atoms with Crippen LogP contribution in [0.15, 0.2) is 29.3 Å². The zero-order valence-corrected chi connectivity index (χ0v) is 19.4. The summed E-state index contributed by atoms with van der Waals surface area (Å²) in [7, 11) is 4.15. The summed E-state index contributed by atoms with van der Waals surface area (Å²) >= 11 is 0. The van der Waals surface area contributed by atoms with E-state index in [4.69, 9.17) is 9.73 Å². The van der Waals surface area contributed by atoms with E-state index in [9.17, 15) is 0 Å². The number of hydrogen-bond donors (Lipinski definition) is 1. The number of likely N-dealkylation sites (tertiary alicyclic amines) is 1. The number of hydrogen-bond acceptors (Lipinski definition) is 3. The minimum absolute atomic E-state index is 0. The number of benzene rings is 1. The molecule has 0 aromatic heterocycles. The molecule has 1 spiro atoms. The fourth-order valence-corrected chi connectivity index (χ4v) is 3.94. The molecule has 1 aromatic rings. The molecule has 1 aromatic carbocycles. The van der Waals surface area contributed by atoms with Crippen LogP contribution in [-0.4, -0.2) is 64.3 Å². The van der Waals surface area contributed by atoms with Crippen LogP contribution in [0.2, 0.25) is 0 Å². The van der Waals surface area contributed by atoms with Crippen LogP contribution in [0.5, 0.6) is 0 Å². The molecule has 2 heterocycles. The van der Waals surface area contributed by atoms with Crippen LogP contribution >= 0.6 is 24.0 Å². The molecule has 152 valence electrons. The van der Waals surface area contributed by atoms with Crippen molar-refractivity contribution in [2.75, 3.05) is 58.4 Å². The second kappa shape index (κ2) is 10.5. The van der Waals surface area contributed by atoms with Gasteiger partial charge in [-0.05, 0) is 50.3 Å². The van der Waals surface area contributed by atoms with E-state index in [-0.39, 0.29) is 24.0 Å². The van der Waals surface area contributed by atoms with Crippen LogP contribution in [0.1, 0.15) is 31.7 Å². The van der Waals surface area contributed by atoms with Gasteiger partial charge in [-0.1, -0.05) is 12.1 Å². The normalized spacial score (nSPS) is 22.2. The first kappa shape index (κ1) is 22.3. The molecule has 1 unspecified atom stereocenters. The first-order valence-corrected chi connectivity index (χ1v) is 9.99. The van der Waals surface area contributed by atoms with Gasteiger partial charge in [0.2, 0.25) is 0 Å². The van der Waals surface area contributed by atoms with Crippen molar-refractivity contribution in [2.45, 2.75) is 32.6 Å². The lowest BCUT2D eigenvalue weighted by molar-refractivity contribution is 0.156. The van der Waals surface area contributed by atoms with Crippen molar-refractivity contribution in [1.82, 2.24) is 10.2 Å². The van der Waals surface area contributed by atoms with Crippen molar-refractivity contribution in [2.24, 2.45) is 10.4 Å². The lowest BCUT2D eigenvalue weighted by Gasteiger charge is -2.25. The molecule has 2 aliphatic rings. The second-order valence-corrected chi connectivity index (χ2v) is 7.87. The van der Waals surface area contributed by atoms with Crippen LogP contribution in [0.3, 0.4) is 0 Å². The maximum atomic E-state index is 5.65. The lowest BCUT2D eigenvalue weighted by Crippen LogP contribution is -2.41. The molecular weight excluding hydrogens is 451 g/mol. The Bertz CT molecular complexity index is 597. The Morgan fingerprint density at radius 3 is 2.67 bits per heavy atom. The Morgan fingerprint density at radius 2 is 2.04 bits per heavy atom. The molecule has 2 aliphatic heterocycles. The fraction of sp³-hybridized carbons (Fsp3) is 0.667. The van der Waals surface area contributed by atoms with Gasteiger partial charge in [0.05, 0.1) is 6.61 Å². The first-order valence-electron chi connectivity index (χ1n) is 9.99. The van der Waals surface area contributed by atoms with Gasteiger partial charge in [0.25, 0.3) is 0 Å². The van der Waals surface area contributed by atoms with Crippen molar-refractivity contribution in [3.8, 4) is 0 Å². The zero-order chi connectivity index (χ0) is 18.4. The van der Waals surface area contributed by atoms with Gasteiger partial charge in [0, 0.05) is 58.0 Å². The maximum absolute atomic E-state index is 5.65. The Balaban J connectivity index is 0.00000261. The molecule has 2 fully saturated rings. The average molecular weight is 486 g/mol. The van der Waals surface area contributed by atoms with Crippen LogP contribution < -0.4 is 10.2 Å². The number of anilines is 1. The Labute approximate surface area is 181 Å². The van der Waals surface area contributed by atoms with Gasteiger partial charge in [0.15, 0.2) is 5.96 Å². The monoisotopic (exact) mass is 486 g/mol. The number of rotatable bonds is 6. The first-order chi connectivity index (χ1) is 12.6. The largest absolute Gasteiger partial charge is 0.381 e. The minimum atomic E-state index is 0. The quantitative estimate of drug-likeness (QED) is 0.290. The van der Waals surface area contributed by atoms with Gasteiger partial charge in [-0.15, -0.1) is 24.0 Å². The summed E-state index contributed by atoms with van der Waals surface area (Å²) in [6.07, 6.45) is 4.59. The van der Waals surface area contributed by atoms with E-state index in [2.05, 4.69) is 60.4 Å². The van der Waals surface area contributed by atoms with Crippen LogP contribution in [0.25, 0.3) is 0 Å². The van der Waals surface area contributed by atoms with Crippen molar-refractivity contribution < 1.29 is 4.74 Å². The van der Waals surface area contributed by atoms with Crippen LogP contribution in [0.4, 0.5) is 5.69 Å². The third-order valence-corrected chi connectivity index (χ3v) is 5.60. The third-order valence-electron chi connectivity index (χ3n) is 5.60. The highest BCUT2D eigenvalue weighted by Gasteiger charge is 2.42. The number of aryl methyl sites for hydroxylation is 1. The van der Waals surface area contributed by atoms with Crippen LogP contribution in [0, 0.1) is 5.41 Å². The molecule has 0 saturated carbocycles. The molecule has 1 atom stereocenters. The van der Waals surface area contributed by atoms with Gasteiger partial charge in [-0.3, -0.25) is 4.99 Å².